The van der Waals surface area contributed by atoms with Crippen molar-refractivity contribution >= 4 is 11.8 Å². The van der Waals surface area contributed by atoms with Gasteiger partial charge in [-0.3, -0.25) is 14.3 Å². The van der Waals surface area contributed by atoms with E-state index in [0.29, 0.717) is 6.42 Å². The highest BCUT2D eigenvalue weighted by Crippen LogP contribution is 2.10. The highest BCUT2D eigenvalue weighted by atomic mass is 19.1. The van der Waals surface area contributed by atoms with Crippen molar-refractivity contribution in [2.75, 3.05) is 6.54 Å². The molecule has 2 aromatic rings. The van der Waals surface area contributed by atoms with Crippen LogP contribution in [-0.4, -0.2) is 28.1 Å². The van der Waals surface area contributed by atoms with E-state index < -0.39 is 17.9 Å². The number of amides is 2. The minimum atomic E-state index is -0.561. The zero-order valence-corrected chi connectivity index (χ0v) is 12.8. The number of aromatic nitrogens is 2. The van der Waals surface area contributed by atoms with Gasteiger partial charge in [0, 0.05) is 18.9 Å². The summed E-state index contributed by atoms with van der Waals surface area (Å²) in [6.07, 6.45) is 3.62. The molecular weight excluding hydrogens is 299 g/mol. The van der Waals surface area contributed by atoms with E-state index in [1.165, 1.54) is 16.8 Å². The number of carbonyl (C=O) groups is 2. The predicted molar refractivity (Wildman–Crippen MR) is 82.7 cm³/mol. The molecule has 2 amide bonds. The Morgan fingerprint density at radius 3 is 2.61 bits per heavy atom. The first kappa shape index (κ1) is 16.7. The number of nitrogens with zero attached hydrogens (tertiary/aromatic N) is 2. The largest absolute Gasteiger partial charge is 0.369 e. The fourth-order valence-corrected chi connectivity index (χ4v) is 2.18. The molecule has 2 rings (SSSR count). The number of rotatable bonds is 7. The van der Waals surface area contributed by atoms with Gasteiger partial charge in [-0.2, -0.15) is 5.10 Å². The smallest absolute Gasteiger partial charge is 0.244 e. The predicted octanol–water partition coefficient (Wildman–Crippen LogP) is 1.04. The average molecular weight is 318 g/mol. The van der Waals surface area contributed by atoms with Crippen LogP contribution < -0.4 is 11.1 Å². The highest BCUT2D eigenvalue weighted by Gasteiger charge is 2.20. The van der Waals surface area contributed by atoms with Crippen LogP contribution in [0.25, 0.3) is 0 Å². The van der Waals surface area contributed by atoms with Gasteiger partial charge in [0.15, 0.2) is 0 Å². The zero-order valence-electron chi connectivity index (χ0n) is 12.8. The van der Waals surface area contributed by atoms with Gasteiger partial charge >= 0.3 is 0 Å². The Balaban J connectivity index is 1.93. The standard InChI is InChI=1S/C16H19FN4O2/c1-11(21-8-2-7-20-21)16(23)19-10-13(15(18)22)9-12-3-5-14(17)6-4-12/h2-8,11,13H,9-10H2,1H3,(H2,18,22)(H,19,23)/t11-,13-/m1/s1. The Hall–Kier alpha value is -2.70. The number of halogens is 1. The molecule has 0 bridgehead atoms. The maximum Gasteiger partial charge on any atom is 0.244 e. The van der Waals surface area contributed by atoms with Gasteiger partial charge in [0.05, 0.1) is 5.92 Å². The molecule has 3 N–H and O–H groups in total. The second kappa shape index (κ2) is 7.53. The molecule has 0 saturated heterocycles. The number of carbonyl (C=O) groups excluding carboxylic acids is 2. The van der Waals surface area contributed by atoms with Gasteiger partial charge < -0.3 is 11.1 Å². The highest BCUT2D eigenvalue weighted by molar-refractivity contribution is 5.81. The molecule has 1 aromatic carbocycles. The van der Waals surface area contributed by atoms with E-state index >= 15 is 0 Å². The Bertz CT molecular complexity index is 655. The first-order chi connectivity index (χ1) is 11.0. The molecule has 6 nitrogen and oxygen atoms in total. The monoisotopic (exact) mass is 318 g/mol. The third-order valence-corrected chi connectivity index (χ3v) is 3.62. The van der Waals surface area contributed by atoms with Crippen molar-refractivity contribution in [2.24, 2.45) is 11.7 Å². The molecule has 23 heavy (non-hydrogen) atoms. The molecule has 0 unspecified atom stereocenters. The van der Waals surface area contributed by atoms with Gasteiger partial charge in [0.25, 0.3) is 0 Å². The number of primary amides is 1. The van der Waals surface area contributed by atoms with Crippen molar-refractivity contribution in [1.29, 1.82) is 0 Å². The molecule has 1 heterocycles. The van der Waals surface area contributed by atoms with Gasteiger partial charge in [0.2, 0.25) is 11.8 Å². The Morgan fingerprint density at radius 2 is 2.04 bits per heavy atom. The van der Waals surface area contributed by atoms with Gasteiger partial charge in [-0.25, -0.2) is 4.39 Å². The number of nitrogens with two attached hydrogens (primary N) is 1. The lowest BCUT2D eigenvalue weighted by Crippen LogP contribution is -2.39. The van der Waals surface area contributed by atoms with Crippen LogP contribution in [0.1, 0.15) is 18.5 Å². The van der Waals surface area contributed by atoms with Crippen LogP contribution in [0.3, 0.4) is 0 Å². The fraction of sp³-hybridized carbons (Fsp3) is 0.312. The Morgan fingerprint density at radius 1 is 1.35 bits per heavy atom. The van der Waals surface area contributed by atoms with Crippen LogP contribution in [0.4, 0.5) is 4.39 Å². The van der Waals surface area contributed by atoms with Crippen molar-refractivity contribution in [1.82, 2.24) is 15.1 Å². The SMILES string of the molecule is C[C@H](C(=O)NC[C@@H](Cc1ccc(F)cc1)C(N)=O)n1cccn1. The van der Waals surface area contributed by atoms with E-state index in [0.717, 1.165) is 5.56 Å². The molecule has 7 heteroatoms. The number of hydrogen-bond acceptors (Lipinski definition) is 3. The van der Waals surface area contributed by atoms with E-state index in [1.807, 2.05) is 0 Å². The average Bonchev–Trinajstić information content (AvgIpc) is 3.06. The quantitative estimate of drug-likeness (QED) is 0.799. The van der Waals surface area contributed by atoms with E-state index in [2.05, 4.69) is 10.4 Å². The third-order valence-electron chi connectivity index (χ3n) is 3.62. The molecule has 0 radical (unpaired) electrons. The molecule has 1 aromatic heterocycles. The molecule has 0 saturated carbocycles. The summed E-state index contributed by atoms with van der Waals surface area (Å²) in [5.74, 6) is -1.67. The van der Waals surface area contributed by atoms with E-state index in [9.17, 15) is 14.0 Å². The maximum atomic E-state index is 12.9. The molecule has 0 aliphatic carbocycles. The molecule has 0 aliphatic rings. The van der Waals surface area contributed by atoms with Crippen LogP contribution >= 0.6 is 0 Å². The van der Waals surface area contributed by atoms with Gasteiger partial charge in [-0.15, -0.1) is 0 Å². The normalized spacial score (nSPS) is 13.3. The molecule has 2 atom stereocenters. The fourth-order valence-electron chi connectivity index (χ4n) is 2.18. The van der Waals surface area contributed by atoms with E-state index in [-0.39, 0.29) is 18.3 Å². The van der Waals surface area contributed by atoms with Gasteiger partial charge in [0.1, 0.15) is 11.9 Å². The number of nitrogens with one attached hydrogen (secondary N) is 1. The molecule has 122 valence electrons. The summed E-state index contributed by atoms with van der Waals surface area (Å²) in [7, 11) is 0. The van der Waals surface area contributed by atoms with Gasteiger partial charge in [-0.1, -0.05) is 12.1 Å². The van der Waals surface area contributed by atoms with Crippen LogP contribution in [0.2, 0.25) is 0 Å². The summed E-state index contributed by atoms with van der Waals surface area (Å²) < 4.78 is 14.4. The van der Waals surface area contributed by atoms with Crippen molar-refractivity contribution in [2.45, 2.75) is 19.4 Å². The maximum absolute atomic E-state index is 12.9. The van der Waals surface area contributed by atoms with Crippen molar-refractivity contribution in [3.8, 4) is 0 Å². The number of benzene rings is 1. The van der Waals surface area contributed by atoms with E-state index in [1.54, 1.807) is 37.5 Å². The van der Waals surface area contributed by atoms with Crippen LogP contribution in [-0.2, 0) is 16.0 Å². The van der Waals surface area contributed by atoms with Crippen molar-refractivity contribution in [3.05, 3.63) is 54.1 Å². The first-order valence-corrected chi connectivity index (χ1v) is 7.28. The molecule has 0 aliphatic heterocycles. The molecule has 0 fully saturated rings. The summed E-state index contributed by atoms with van der Waals surface area (Å²) in [5, 5.41) is 6.71. The second-order valence-electron chi connectivity index (χ2n) is 5.34. The summed E-state index contributed by atoms with van der Waals surface area (Å²) >= 11 is 0. The second-order valence-corrected chi connectivity index (χ2v) is 5.34. The van der Waals surface area contributed by atoms with E-state index in [4.69, 9.17) is 5.73 Å². The summed E-state index contributed by atoms with van der Waals surface area (Å²) in [6, 6.07) is 7.09. The first-order valence-electron chi connectivity index (χ1n) is 7.28. The van der Waals surface area contributed by atoms with Crippen LogP contribution in [0.15, 0.2) is 42.7 Å². The topological polar surface area (TPSA) is 90.0 Å². The summed E-state index contributed by atoms with van der Waals surface area (Å²) in [4.78, 5) is 23.7. The Labute approximate surface area is 133 Å². The minimum Gasteiger partial charge on any atom is -0.369 e. The van der Waals surface area contributed by atoms with Crippen LogP contribution in [0, 0.1) is 11.7 Å². The van der Waals surface area contributed by atoms with Crippen LogP contribution in [0.5, 0.6) is 0 Å². The third kappa shape index (κ3) is 4.64. The summed E-state index contributed by atoms with van der Waals surface area (Å²) in [6.45, 7) is 1.83. The molecule has 0 spiro atoms. The van der Waals surface area contributed by atoms with Crippen molar-refractivity contribution in [3.63, 3.8) is 0 Å². The lowest BCUT2D eigenvalue weighted by Gasteiger charge is -2.17. The lowest BCUT2D eigenvalue weighted by atomic mass is 9.98. The lowest BCUT2D eigenvalue weighted by molar-refractivity contribution is -0.125. The minimum absolute atomic E-state index is 0.122. The molecular formula is C16H19FN4O2. The van der Waals surface area contributed by atoms with Gasteiger partial charge in [-0.05, 0) is 37.1 Å². The number of hydrogen-bond donors (Lipinski definition) is 2. The Kier molecular flexibility index (Phi) is 5.46. The summed E-state index contributed by atoms with van der Waals surface area (Å²) in [5.41, 5.74) is 6.17. The van der Waals surface area contributed by atoms with Crippen molar-refractivity contribution < 1.29 is 14.0 Å². The zero-order chi connectivity index (χ0) is 16.8.